The largest absolute Gasteiger partial charge is 0.419 e. The first kappa shape index (κ1) is 19.9. The molecule has 0 fully saturated rings. The number of rotatable bonds is 6. The highest BCUT2D eigenvalue weighted by Crippen LogP contribution is 2.24. The summed E-state index contributed by atoms with van der Waals surface area (Å²) in [7, 11) is 3.86. The molecular weight excluding hydrogens is 387 g/mol. The Morgan fingerprint density at radius 2 is 2.03 bits per heavy atom. The van der Waals surface area contributed by atoms with Gasteiger partial charge in [-0.1, -0.05) is 0 Å². The minimum absolute atomic E-state index is 0.103. The van der Waals surface area contributed by atoms with Crippen molar-refractivity contribution in [3.8, 4) is 0 Å². The number of halogens is 1. The molecule has 0 radical (unpaired) electrons. The Kier molecular flexibility index (Phi) is 5.17. The zero-order valence-corrected chi connectivity index (χ0v) is 17.1. The number of amides is 1. The molecule has 0 aliphatic carbocycles. The van der Waals surface area contributed by atoms with Gasteiger partial charge in [0.05, 0.1) is 11.9 Å². The first-order valence-corrected chi connectivity index (χ1v) is 9.66. The van der Waals surface area contributed by atoms with Crippen molar-refractivity contribution in [2.24, 2.45) is 0 Å². The zero-order chi connectivity index (χ0) is 21.4. The molecule has 1 amide bonds. The van der Waals surface area contributed by atoms with E-state index in [1.807, 2.05) is 25.9 Å². The highest BCUT2D eigenvalue weighted by molar-refractivity contribution is 5.97. The van der Waals surface area contributed by atoms with Crippen molar-refractivity contribution in [2.75, 3.05) is 26.0 Å². The van der Waals surface area contributed by atoms with Crippen molar-refractivity contribution < 1.29 is 13.6 Å². The number of likely N-dealkylation sites (N-methyl/N-ethyl adjacent to an activating group) is 1. The van der Waals surface area contributed by atoms with Gasteiger partial charge in [0.2, 0.25) is 5.91 Å². The number of fused-ring (bicyclic) bond motifs is 2. The minimum atomic E-state index is -0.424. The van der Waals surface area contributed by atoms with Crippen molar-refractivity contribution in [2.45, 2.75) is 19.9 Å². The number of carbonyl (C=O) groups excluding carboxylic acids is 1. The van der Waals surface area contributed by atoms with Gasteiger partial charge in [0.15, 0.2) is 5.58 Å². The van der Waals surface area contributed by atoms with Gasteiger partial charge >= 0.3 is 5.76 Å². The molecule has 8 heteroatoms. The van der Waals surface area contributed by atoms with Gasteiger partial charge in [-0.15, -0.1) is 0 Å². The first-order valence-electron chi connectivity index (χ1n) is 9.66. The van der Waals surface area contributed by atoms with Gasteiger partial charge < -0.3 is 19.6 Å². The number of aromatic amines is 1. The van der Waals surface area contributed by atoms with Gasteiger partial charge in [0.1, 0.15) is 5.82 Å². The molecule has 0 saturated heterocycles. The van der Waals surface area contributed by atoms with Gasteiger partial charge in [0, 0.05) is 35.4 Å². The molecule has 0 saturated carbocycles. The lowest BCUT2D eigenvalue weighted by Gasteiger charge is -2.10. The number of nitrogens with one attached hydrogen (secondary N) is 2. The molecule has 0 unspecified atom stereocenters. The SMILES string of the molecule is Cc1[nH]c2ccc(F)cc2c1CC(=O)Nc1ccc2oc(=O)n(CCN(C)C)c2c1. The van der Waals surface area contributed by atoms with Gasteiger partial charge in [-0.3, -0.25) is 9.36 Å². The number of aryl methyl sites for hydroxylation is 1. The first-order chi connectivity index (χ1) is 14.3. The van der Waals surface area contributed by atoms with Gasteiger partial charge in [-0.25, -0.2) is 9.18 Å². The number of aromatic nitrogens is 2. The third-order valence-electron chi connectivity index (χ3n) is 5.14. The third-order valence-corrected chi connectivity index (χ3v) is 5.14. The molecular formula is C22H23FN4O3. The summed E-state index contributed by atoms with van der Waals surface area (Å²) in [6, 6.07) is 9.58. The molecule has 2 heterocycles. The molecule has 0 bridgehead atoms. The quantitative estimate of drug-likeness (QED) is 0.511. The Morgan fingerprint density at radius 3 is 2.80 bits per heavy atom. The van der Waals surface area contributed by atoms with Gasteiger partial charge in [-0.2, -0.15) is 0 Å². The molecule has 0 aliphatic heterocycles. The van der Waals surface area contributed by atoms with Crippen LogP contribution in [0.25, 0.3) is 22.0 Å². The van der Waals surface area contributed by atoms with Crippen LogP contribution in [0.15, 0.2) is 45.6 Å². The predicted octanol–water partition coefficient (Wildman–Crippen LogP) is 3.27. The maximum atomic E-state index is 13.7. The Morgan fingerprint density at radius 1 is 1.23 bits per heavy atom. The van der Waals surface area contributed by atoms with Crippen molar-refractivity contribution in [3.63, 3.8) is 0 Å². The molecule has 30 heavy (non-hydrogen) atoms. The molecule has 2 aromatic heterocycles. The summed E-state index contributed by atoms with van der Waals surface area (Å²) in [5.74, 6) is -0.996. The summed E-state index contributed by atoms with van der Waals surface area (Å²) in [4.78, 5) is 30.0. The fourth-order valence-electron chi connectivity index (χ4n) is 3.60. The fraction of sp³-hybridized carbons (Fsp3) is 0.273. The third kappa shape index (κ3) is 3.86. The number of benzene rings is 2. The summed E-state index contributed by atoms with van der Waals surface area (Å²) in [6.07, 6.45) is 0.103. The molecule has 4 rings (SSSR count). The lowest BCUT2D eigenvalue weighted by molar-refractivity contribution is -0.115. The van der Waals surface area contributed by atoms with E-state index in [2.05, 4.69) is 10.3 Å². The second-order valence-corrected chi connectivity index (χ2v) is 7.65. The Labute approximate surface area is 172 Å². The maximum absolute atomic E-state index is 13.7. The van der Waals surface area contributed by atoms with E-state index in [-0.39, 0.29) is 18.1 Å². The van der Waals surface area contributed by atoms with Crippen LogP contribution < -0.4 is 11.1 Å². The highest BCUT2D eigenvalue weighted by Gasteiger charge is 2.15. The van der Waals surface area contributed by atoms with Crippen LogP contribution in [0.2, 0.25) is 0 Å². The maximum Gasteiger partial charge on any atom is 0.419 e. The van der Waals surface area contributed by atoms with E-state index in [4.69, 9.17) is 4.42 Å². The number of hydrogen-bond donors (Lipinski definition) is 2. The van der Waals surface area contributed by atoms with Crippen molar-refractivity contribution in [1.29, 1.82) is 0 Å². The van der Waals surface area contributed by atoms with Crippen molar-refractivity contribution in [3.05, 3.63) is 64.0 Å². The monoisotopic (exact) mass is 410 g/mol. The lowest BCUT2D eigenvalue weighted by Crippen LogP contribution is -2.23. The molecule has 0 aliphatic rings. The topological polar surface area (TPSA) is 83.3 Å². The Balaban J connectivity index is 1.58. The predicted molar refractivity (Wildman–Crippen MR) is 114 cm³/mol. The number of carbonyl (C=O) groups is 1. The van der Waals surface area contributed by atoms with E-state index in [9.17, 15) is 14.0 Å². The van der Waals surface area contributed by atoms with E-state index in [1.165, 1.54) is 12.1 Å². The second-order valence-electron chi connectivity index (χ2n) is 7.65. The number of anilines is 1. The summed E-state index contributed by atoms with van der Waals surface area (Å²) >= 11 is 0. The minimum Gasteiger partial charge on any atom is -0.408 e. The number of hydrogen-bond acceptors (Lipinski definition) is 4. The van der Waals surface area contributed by atoms with Crippen LogP contribution in [0.1, 0.15) is 11.3 Å². The second kappa shape index (κ2) is 7.79. The van der Waals surface area contributed by atoms with E-state index in [1.54, 1.807) is 28.8 Å². The van der Waals surface area contributed by atoms with E-state index in [0.717, 1.165) is 16.8 Å². The smallest absolute Gasteiger partial charge is 0.408 e. The number of oxazole rings is 1. The van der Waals surface area contributed by atoms with Crippen LogP contribution in [0.5, 0.6) is 0 Å². The van der Waals surface area contributed by atoms with Crippen LogP contribution >= 0.6 is 0 Å². The molecule has 2 N–H and O–H groups in total. The van der Waals surface area contributed by atoms with Crippen LogP contribution in [-0.2, 0) is 17.8 Å². The lowest BCUT2D eigenvalue weighted by atomic mass is 10.1. The Hall–Kier alpha value is -3.39. The number of nitrogens with zero attached hydrogens (tertiary/aromatic N) is 2. The fourth-order valence-corrected chi connectivity index (χ4v) is 3.60. The van der Waals surface area contributed by atoms with Crippen LogP contribution in [0.4, 0.5) is 10.1 Å². The standard InChI is InChI=1S/C22H23FN4O3/c1-13-16(17-10-14(23)4-6-18(17)24-13)12-21(28)25-15-5-7-20-19(11-15)27(22(29)30-20)9-8-26(2)3/h4-7,10-11,24H,8-9,12H2,1-3H3,(H,25,28). The number of H-pyrrole nitrogens is 1. The molecule has 7 nitrogen and oxygen atoms in total. The normalized spacial score (nSPS) is 11.6. The highest BCUT2D eigenvalue weighted by atomic mass is 19.1. The van der Waals surface area contributed by atoms with E-state index < -0.39 is 5.76 Å². The van der Waals surface area contributed by atoms with Crippen LogP contribution in [-0.4, -0.2) is 41.0 Å². The average Bonchev–Trinajstić information content (AvgIpc) is 3.15. The molecule has 2 aromatic carbocycles. The van der Waals surface area contributed by atoms with Crippen LogP contribution in [0, 0.1) is 12.7 Å². The average molecular weight is 410 g/mol. The van der Waals surface area contributed by atoms with Crippen LogP contribution in [0.3, 0.4) is 0 Å². The van der Waals surface area contributed by atoms with E-state index >= 15 is 0 Å². The summed E-state index contributed by atoms with van der Waals surface area (Å²) in [6.45, 7) is 3.03. The summed E-state index contributed by atoms with van der Waals surface area (Å²) in [5.41, 5.74) is 4.05. The summed E-state index contributed by atoms with van der Waals surface area (Å²) < 4.78 is 20.5. The summed E-state index contributed by atoms with van der Waals surface area (Å²) in [5, 5.41) is 3.57. The van der Waals surface area contributed by atoms with E-state index in [0.29, 0.717) is 35.3 Å². The van der Waals surface area contributed by atoms with Crippen molar-refractivity contribution in [1.82, 2.24) is 14.5 Å². The van der Waals surface area contributed by atoms with Gasteiger partial charge in [-0.05, 0) is 63.0 Å². The molecule has 0 atom stereocenters. The Bertz CT molecular complexity index is 1300. The molecule has 0 spiro atoms. The zero-order valence-electron chi connectivity index (χ0n) is 17.1. The van der Waals surface area contributed by atoms with Gasteiger partial charge in [0.25, 0.3) is 0 Å². The molecule has 156 valence electrons. The van der Waals surface area contributed by atoms with Crippen molar-refractivity contribution >= 4 is 33.6 Å². The molecule has 4 aromatic rings.